The number of carbonyl (C=O) groups is 2. The molecule has 8 nitrogen and oxygen atoms in total. The number of fused-ring (bicyclic) bond motifs is 1. The Morgan fingerprint density at radius 2 is 1.64 bits per heavy atom. The quantitative estimate of drug-likeness (QED) is 0.427. The molecule has 0 aliphatic carbocycles. The van der Waals surface area contributed by atoms with Gasteiger partial charge in [0, 0.05) is 19.2 Å². The molecule has 3 rings (SSSR count). The Labute approximate surface area is 191 Å². The summed E-state index contributed by atoms with van der Waals surface area (Å²) in [4.78, 5) is 38.7. The number of esters is 1. The second kappa shape index (κ2) is 10.7. The summed E-state index contributed by atoms with van der Waals surface area (Å²) in [6.45, 7) is 8.66. The lowest BCUT2D eigenvalue weighted by molar-refractivity contribution is 0.0505. The van der Waals surface area contributed by atoms with Crippen molar-refractivity contribution in [2.45, 2.75) is 34.1 Å². The first kappa shape index (κ1) is 23.8. The molecule has 0 aliphatic heterocycles. The first-order chi connectivity index (χ1) is 15.9. The summed E-state index contributed by atoms with van der Waals surface area (Å²) in [6.07, 6.45) is 0.268. The van der Waals surface area contributed by atoms with Crippen LogP contribution in [0, 0.1) is 6.92 Å². The van der Waals surface area contributed by atoms with Crippen LogP contribution in [0.3, 0.4) is 0 Å². The van der Waals surface area contributed by atoms with Crippen LogP contribution in [0.25, 0.3) is 11.0 Å². The van der Waals surface area contributed by atoms with E-state index in [9.17, 15) is 14.4 Å². The minimum Gasteiger partial charge on any atom is -0.462 e. The smallest absolute Gasteiger partial charge is 0.415 e. The van der Waals surface area contributed by atoms with E-state index >= 15 is 0 Å². The van der Waals surface area contributed by atoms with E-state index in [-0.39, 0.29) is 33.7 Å². The molecule has 2 aromatic carbocycles. The molecule has 0 unspecified atom stereocenters. The van der Waals surface area contributed by atoms with Crippen molar-refractivity contribution in [3.05, 3.63) is 64.0 Å². The van der Waals surface area contributed by atoms with E-state index in [1.807, 2.05) is 20.8 Å². The van der Waals surface area contributed by atoms with Crippen LogP contribution in [0.15, 0.2) is 51.7 Å². The highest BCUT2D eigenvalue weighted by Gasteiger charge is 2.17. The molecule has 0 radical (unpaired) electrons. The Kier molecular flexibility index (Phi) is 7.71. The number of aryl methyl sites for hydroxylation is 1. The molecule has 0 spiro atoms. The SMILES string of the molecule is CCCOC(=O)c1ccc(Oc2c(C)oc3cc(OC(=O)N(CC)CC)ccc3c2=O)cc1. The van der Waals surface area contributed by atoms with Crippen molar-refractivity contribution in [3.8, 4) is 17.2 Å². The Bertz CT molecular complexity index is 1190. The zero-order valence-electron chi connectivity index (χ0n) is 19.2. The van der Waals surface area contributed by atoms with Gasteiger partial charge in [0.2, 0.25) is 11.2 Å². The van der Waals surface area contributed by atoms with Crippen molar-refractivity contribution < 1.29 is 28.2 Å². The Morgan fingerprint density at radius 3 is 2.27 bits per heavy atom. The summed E-state index contributed by atoms with van der Waals surface area (Å²) in [5.74, 6) is 0.549. The summed E-state index contributed by atoms with van der Waals surface area (Å²) in [7, 11) is 0. The number of carbonyl (C=O) groups excluding carboxylic acids is 2. The van der Waals surface area contributed by atoms with Gasteiger partial charge in [-0.15, -0.1) is 0 Å². The van der Waals surface area contributed by atoms with Crippen molar-refractivity contribution in [2.24, 2.45) is 0 Å². The molecule has 0 atom stereocenters. The van der Waals surface area contributed by atoms with E-state index in [0.29, 0.717) is 31.0 Å². The minimum absolute atomic E-state index is 0.0386. The molecule has 0 saturated heterocycles. The van der Waals surface area contributed by atoms with Gasteiger partial charge in [-0.3, -0.25) is 4.79 Å². The first-order valence-corrected chi connectivity index (χ1v) is 10.9. The van der Waals surface area contributed by atoms with Crippen LogP contribution in [0.4, 0.5) is 4.79 Å². The third-order valence-corrected chi connectivity index (χ3v) is 4.96. The zero-order valence-corrected chi connectivity index (χ0v) is 19.2. The van der Waals surface area contributed by atoms with E-state index < -0.39 is 12.1 Å². The lowest BCUT2D eigenvalue weighted by Gasteiger charge is -2.17. The molecule has 0 fully saturated rings. The fourth-order valence-electron chi connectivity index (χ4n) is 3.15. The maximum atomic E-state index is 13.0. The number of hydrogen-bond donors (Lipinski definition) is 0. The number of ether oxygens (including phenoxy) is 3. The molecule has 0 bridgehead atoms. The maximum Gasteiger partial charge on any atom is 0.415 e. The van der Waals surface area contributed by atoms with E-state index in [0.717, 1.165) is 6.42 Å². The molecule has 8 heteroatoms. The number of nitrogens with zero attached hydrogens (tertiary/aromatic N) is 1. The molecule has 33 heavy (non-hydrogen) atoms. The van der Waals surface area contributed by atoms with Crippen molar-refractivity contribution in [3.63, 3.8) is 0 Å². The molecule has 0 aliphatic rings. The molecule has 1 aromatic heterocycles. The van der Waals surface area contributed by atoms with Gasteiger partial charge >= 0.3 is 12.1 Å². The second-order valence-electron chi connectivity index (χ2n) is 7.28. The van der Waals surface area contributed by atoms with Gasteiger partial charge in [-0.05, 0) is 63.6 Å². The summed E-state index contributed by atoms with van der Waals surface area (Å²) >= 11 is 0. The topological polar surface area (TPSA) is 95.3 Å². The van der Waals surface area contributed by atoms with E-state index in [1.165, 1.54) is 23.1 Å². The van der Waals surface area contributed by atoms with Crippen molar-refractivity contribution in [1.29, 1.82) is 0 Å². The van der Waals surface area contributed by atoms with E-state index in [4.69, 9.17) is 18.6 Å². The monoisotopic (exact) mass is 453 g/mol. The van der Waals surface area contributed by atoms with Crippen LogP contribution in [0.1, 0.15) is 43.3 Å². The lowest BCUT2D eigenvalue weighted by Crippen LogP contribution is -2.33. The number of benzene rings is 2. The Hall–Kier alpha value is -3.81. The largest absolute Gasteiger partial charge is 0.462 e. The molecule has 174 valence electrons. The van der Waals surface area contributed by atoms with Crippen molar-refractivity contribution in [2.75, 3.05) is 19.7 Å². The highest BCUT2D eigenvalue weighted by Crippen LogP contribution is 2.28. The molecule has 0 N–H and O–H groups in total. The zero-order chi connectivity index (χ0) is 24.0. The summed E-state index contributed by atoms with van der Waals surface area (Å²) in [6, 6.07) is 10.9. The van der Waals surface area contributed by atoms with Gasteiger partial charge in [0.1, 0.15) is 22.8 Å². The van der Waals surface area contributed by atoms with Gasteiger partial charge in [0.15, 0.2) is 0 Å². The minimum atomic E-state index is -0.472. The van der Waals surface area contributed by atoms with Gasteiger partial charge in [0.25, 0.3) is 0 Å². The van der Waals surface area contributed by atoms with Crippen LogP contribution in [-0.2, 0) is 4.74 Å². The van der Waals surface area contributed by atoms with Crippen LogP contribution in [-0.4, -0.2) is 36.7 Å². The third-order valence-electron chi connectivity index (χ3n) is 4.96. The summed E-state index contributed by atoms with van der Waals surface area (Å²) in [5, 5.41) is 0.290. The summed E-state index contributed by atoms with van der Waals surface area (Å²) in [5.41, 5.74) is 0.315. The highest BCUT2D eigenvalue weighted by atomic mass is 16.6. The van der Waals surface area contributed by atoms with Crippen LogP contribution >= 0.6 is 0 Å². The van der Waals surface area contributed by atoms with Crippen LogP contribution in [0.5, 0.6) is 17.2 Å². The van der Waals surface area contributed by atoms with Gasteiger partial charge in [0.05, 0.1) is 17.6 Å². The van der Waals surface area contributed by atoms with Gasteiger partial charge < -0.3 is 23.5 Å². The van der Waals surface area contributed by atoms with Crippen LogP contribution in [0.2, 0.25) is 0 Å². The number of hydrogen-bond acceptors (Lipinski definition) is 7. The second-order valence-corrected chi connectivity index (χ2v) is 7.28. The average molecular weight is 453 g/mol. The van der Waals surface area contributed by atoms with Crippen LogP contribution < -0.4 is 14.9 Å². The van der Waals surface area contributed by atoms with Crippen molar-refractivity contribution >= 4 is 23.0 Å². The molecular weight excluding hydrogens is 426 g/mol. The van der Waals surface area contributed by atoms with Crippen molar-refractivity contribution in [1.82, 2.24) is 4.90 Å². The predicted octanol–water partition coefficient (Wildman–Crippen LogP) is 5.30. The number of amides is 1. The molecule has 0 saturated carbocycles. The first-order valence-electron chi connectivity index (χ1n) is 10.9. The van der Waals surface area contributed by atoms with Gasteiger partial charge in [-0.1, -0.05) is 6.92 Å². The van der Waals surface area contributed by atoms with E-state index in [2.05, 4.69) is 0 Å². The average Bonchev–Trinajstić information content (AvgIpc) is 2.81. The fraction of sp³-hybridized carbons (Fsp3) is 0.320. The molecule has 1 heterocycles. The van der Waals surface area contributed by atoms with E-state index in [1.54, 1.807) is 31.2 Å². The lowest BCUT2D eigenvalue weighted by atomic mass is 10.2. The normalized spacial score (nSPS) is 10.7. The molecule has 3 aromatic rings. The third kappa shape index (κ3) is 5.52. The van der Waals surface area contributed by atoms with Gasteiger partial charge in [-0.25, -0.2) is 9.59 Å². The highest BCUT2D eigenvalue weighted by molar-refractivity contribution is 5.89. The fourth-order valence-corrected chi connectivity index (χ4v) is 3.15. The number of rotatable bonds is 8. The predicted molar refractivity (Wildman–Crippen MR) is 123 cm³/mol. The maximum absolute atomic E-state index is 13.0. The Balaban J connectivity index is 1.83. The molecule has 1 amide bonds. The summed E-state index contributed by atoms with van der Waals surface area (Å²) < 4.78 is 22.0. The molecular formula is C25H27NO7. The van der Waals surface area contributed by atoms with Gasteiger partial charge in [-0.2, -0.15) is 0 Å². The standard InChI is InChI=1S/C25H27NO7/c1-5-14-30-24(28)17-8-10-18(11-9-17)32-23-16(4)31-21-15-19(12-13-20(21)22(23)27)33-25(29)26(6-2)7-3/h8-13,15H,5-7,14H2,1-4H3. The Morgan fingerprint density at radius 1 is 0.970 bits per heavy atom.